The fraction of sp³-hybridized carbons (Fsp3) is 0.250. The molecule has 1 rings (SSSR count). The summed E-state index contributed by atoms with van der Waals surface area (Å²) in [5.74, 6) is -0.714. The minimum atomic E-state index is -5.79. The predicted molar refractivity (Wildman–Crippen MR) is 46.9 cm³/mol. The number of hydrogen-bond acceptors (Lipinski definition) is 3. The highest BCUT2D eigenvalue weighted by Gasteiger charge is 2.61. The molecule has 8 heteroatoms. The first-order valence-electron chi connectivity index (χ1n) is 3.92. The summed E-state index contributed by atoms with van der Waals surface area (Å²) in [5.41, 5.74) is 10.4. The van der Waals surface area contributed by atoms with Crippen LogP contribution in [0, 0.1) is 0 Å². The number of anilines is 2. The van der Waals surface area contributed by atoms with E-state index in [1.54, 1.807) is 0 Å². The summed E-state index contributed by atoms with van der Waals surface area (Å²) in [5, 5.41) is 0. The normalized spacial score (nSPS) is 12.6. The molecule has 0 atom stereocenters. The average Bonchev–Trinajstić information content (AvgIpc) is 2.09. The molecule has 0 spiro atoms. The van der Waals surface area contributed by atoms with E-state index in [4.69, 9.17) is 11.5 Å². The van der Waals surface area contributed by atoms with E-state index in [9.17, 15) is 22.0 Å². The van der Waals surface area contributed by atoms with E-state index in [0.29, 0.717) is 0 Å². The zero-order valence-electron chi connectivity index (χ0n) is 7.68. The molecule has 0 saturated carbocycles. The maximum absolute atomic E-state index is 12.4. The van der Waals surface area contributed by atoms with E-state index in [1.807, 2.05) is 0 Å². The number of nitrogen functional groups attached to an aromatic ring is 2. The van der Waals surface area contributed by atoms with Crippen LogP contribution in [0.2, 0.25) is 0 Å². The molecule has 16 heavy (non-hydrogen) atoms. The summed E-state index contributed by atoms with van der Waals surface area (Å²) < 4.78 is 63.7. The Balaban J connectivity index is 2.93. The van der Waals surface area contributed by atoms with Crippen LogP contribution in [0.4, 0.5) is 33.3 Å². The van der Waals surface area contributed by atoms with Gasteiger partial charge in [-0.3, -0.25) is 0 Å². The minimum Gasteiger partial charge on any atom is -0.426 e. The van der Waals surface area contributed by atoms with Crippen molar-refractivity contribution in [2.24, 2.45) is 0 Å². The van der Waals surface area contributed by atoms with Crippen molar-refractivity contribution in [3.8, 4) is 5.75 Å². The molecule has 0 aliphatic heterocycles. The van der Waals surface area contributed by atoms with Crippen molar-refractivity contribution in [1.82, 2.24) is 0 Å². The Bertz CT molecular complexity index is 391. The largest absolute Gasteiger partial charge is 0.499 e. The van der Waals surface area contributed by atoms with Crippen molar-refractivity contribution in [2.75, 3.05) is 11.5 Å². The third-order valence-corrected chi connectivity index (χ3v) is 1.63. The minimum absolute atomic E-state index is 0.0580. The molecule has 3 nitrogen and oxygen atoms in total. The molecular weight excluding hydrogens is 235 g/mol. The predicted octanol–water partition coefficient (Wildman–Crippen LogP) is 2.38. The molecule has 4 N–H and O–H groups in total. The van der Waals surface area contributed by atoms with Crippen LogP contribution in [0.5, 0.6) is 5.75 Å². The van der Waals surface area contributed by atoms with Gasteiger partial charge in [0.05, 0.1) is 11.4 Å². The van der Waals surface area contributed by atoms with Crippen molar-refractivity contribution in [3.05, 3.63) is 18.2 Å². The lowest BCUT2D eigenvalue weighted by atomic mass is 10.2. The summed E-state index contributed by atoms with van der Waals surface area (Å²) in [6, 6.07) is 2.72. The number of alkyl halides is 5. The third kappa shape index (κ3) is 2.44. The van der Waals surface area contributed by atoms with E-state index in [1.165, 1.54) is 0 Å². The average molecular weight is 242 g/mol. The molecule has 90 valence electrons. The monoisotopic (exact) mass is 242 g/mol. The maximum atomic E-state index is 12.4. The number of benzene rings is 1. The smallest absolute Gasteiger partial charge is 0.426 e. The molecule has 0 aromatic heterocycles. The molecule has 0 amide bonds. The molecule has 0 aliphatic carbocycles. The molecule has 0 saturated heterocycles. The van der Waals surface area contributed by atoms with E-state index in [2.05, 4.69) is 4.74 Å². The first-order valence-corrected chi connectivity index (χ1v) is 3.92. The van der Waals surface area contributed by atoms with Crippen molar-refractivity contribution in [3.63, 3.8) is 0 Å². The van der Waals surface area contributed by atoms with Crippen molar-refractivity contribution in [2.45, 2.75) is 12.3 Å². The van der Waals surface area contributed by atoms with Gasteiger partial charge in [-0.25, -0.2) is 0 Å². The summed E-state index contributed by atoms with van der Waals surface area (Å²) in [6.45, 7) is 0. The van der Waals surface area contributed by atoms with Crippen LogP contribution in [0.15, 0.2) is 18.2 Å². The highest BCUT2D eigenvalue weighted by Crippen LogP contribution is 2.37. The number of nitrogens with two attached hydrogens (primary N) is 2. The Morgan fingerprint density at radius 2 is 1.50 bits per heavy atom. The molecule has 1 aromatic carbocycles. The Labute approximate surface area is 86.8 Å². The van der Waals surface area contributed by atoms with Crippen LogP contribution in [-0.4, -0.2) is 12.3 Å². The standard InChI is InChI=1S/C8H7F5N2O/c9-7(10,11)8(12,13)16-4-1-2-5(14)6(15)3-4/h1-3H,14-15H2. The van der Waals surface area contributed by atoms with Gasteiger partial charge in [-0.2, -0.15) is 22.0 Å². The Kier molecular flexibility index (Phi) is 2.85. The summed E-state index contributed by atoms with van der Waals surface area (Å²) >= 11 is 0. The van der Waals surface area contributed by atoms with Crippen molar-refractivity contribution < 1.29 is 26.7 Å². The van der Waals surface area contributed by atoms with Crippen LogP contribution in [0.1, 0.15) is 0 Å². The molecule has 0 fully saturated rings. The summed E-state index contributed by atoms with van der Waals surface area (Å²) in [7, 11) is 0. The van der Waals surface area contributed by atoms with E-state index < -0.39 is 18.0 Å². The second-order valence-corrected chi connectivity index (χ2v) is 2.91. The first kappa shape index (κ1) is 12.3. The van der Waals surface area contributed by atoms with Crippen LogP contribution < -0.4 is 16.2 Å². The van der Waals surface area contributed by atoms with E-state index >= 15 is 0 Å². The fourth-order valence-corrected chi connectivity index (χ4v) is 0.822. The zero-order chi connectivity index (χ0) is 12.6. The molecule has 0 aliphatic rings. The maximum Gasteiger partial charge on any atom is 0.499 e. The van der Waals surface area contributed by atoms with Crippen LogP contribution in [-0.2, 0) is 0 Å². The number of hydrogen-bond donors (Lipinski definition) is 2. The van der Waals surface area contributed by atoms with Gasteiger partial charge in [0.2, 0.25) is 0 Å². The highest BCUT2D eigenvalue weighted by molar-refractivity contribution is 5.65. The number of ether oxygens (including phenoxy) is 1. The SMILES string of the molecule is Nc1ccc(OC(F)(F)C(F)(F)F)cc1N. The second-order valence-electron chi connectivity index (χ2n) is 2.91. The second kappa shape index (κ2) is 3.69. The van der Waals surface area contributed by atoms with E-state index in [-0.39, 0.29) is 11.4 Å². The van der Waals surface area contributed by atoms with Crippen molar-refractivity contribution >= 4 is 11.4 Å². The van der Waals surface area contributed by atoms with Gasteiger partial charge in [0, 0.05) is 6.07 Å². The first-order chi connectivity index (χ1) is 7.13. The molecule has 0 radical (unpaired) electrons. The number of halogens is 5. The molecule has 0 heterocycles. The van der Waals surface area contributed by atoms with Crippen LogP contribution >= 0.6 is 0 Å². The zero-order valence-corrected chi connectivity index (χ0v) is 7.68. The molecule has 0 bridgehead atoms. The lowest BCUT2D eigenvalue weighted by Gasteiger charge is -2.20. The quantitative estimate of drug-likeness (QED) is 0.618. The Morgan fingerprint density at radius 1 is 0.938 bits per heavy atom. The van der Waals surface area contributed by atoms with Gasteiger partial charge < -0.3 is 16.2 Å². The fourth-order valence-electron chi connectivity index (χ4n) is 0.822. The van der Waals surface area contributed by atoms with Gasteiger partial charge in [0.1, 0.15) is 5.75 Å². The van der Waals surface area contributed by atoms with Gasteiger partial charge in [-0.15, -0.1) is 0 Å². The Morgan fingerprint density at radius 3 is 1.94 bits per heavy atom. The molecule has 1 aromatic rings. The van der Waals surface area contributed by atoms with Gasteiger partial charge in [0.25, 0.3) is 0 Å². The van der Waals surface area contributed by atoms with Gasteiger partial charge >= 0.3 is 12.3 Å². The van der Waals surface area contributed by atoms with E-state index in [0.717, 1.165) is 18.2 Å². The van der Waals surface area contributed by atoms with Crippen molar-refractivity contribution in [1.29, 1.82) is 0 Å². The lowest BCUT2D eigenvalue weighted by molar-refractivity contribution is -0.360. The van der Waals surface area contributed by atoms with Crippen LogP contribution in [0.25, 0.3) is 0 Å². The van der Waals surface area contributed by atoms with Gasteiger partial charge in [-0.1, -0.05) is 0 Å². The molecule has 0 unspecified atom stereocenters. The topological polar surface area (TPSA) is 61.3 Å². The van der Waals surface area contributed by atoms with Gasteiger partial charge in [-0.05, 0) is 12.1 Å². The number of rotatable bonds is 2. The highest BCUT2D eigenvalue weighted by atomic mass is 19.4. The summed E-state index contributed by atoms with van der Waals surface area (Å²) in [4.78, 5) is 0. The Hall–Kier alpha value is -1.73. The lowest BCUT2D eigenvalue weighted by Crippen LogP contribution is -2.41. The summed E-state index contributed by atoms with van der Waals surface area (Å²) in [6.07, 6.45) is -11.1. The van der Waals surface area contributed by atoms with Gasteiger partial charge in [0.15, 0.2) is 0 Å². The van der Waals surface area contributed by atoms with Crippen LogP contribution in [0.3, 0.4) is 0 Å². The molecular formula is C8H7F5N2O. The third-order valence-electron chi connectivity index (χ3n) is 1.63.